The van der Waals surface area contributed by atoms with Crippen molar-refractivity contribution >= 4 is 23.2 Å². The summed E-state index contributed by atoms with van der Waals surface area (Å²) >= 11 is 0. The Morgan fingerprint density at radius 2 is 1.76 bits per heavy atom. The van der Waals surface area contributed by atoms with Crippen molar-refractivity contribution in [1.29, 1.82) is 0 Å². The molecule has 0 aliphatic carbocycles. The second-order valence-corrected chi connectivity index (χ2v) is 6.31. The van der Waals surface area contributed by atoms with Gasteiger partial charge in [-0.2, -0.15) is 5.11 Å². The minimum Gasteiger partial charge on any atom is -0.271 e. The average Bonchev–Trinajstić information content (AvgIpc) is 3.16. The van der Waals surface area contributed by atoms with Crippen LogP contribution in [0.5, 0.6) is 0 Å². The Labute approximate surface area is 145 Å². The number of rotatable bonds is 3. The molecule has 0 aromatic heterocycles. The predicted octanol–water partition coefficient (Wildman–Crippen LogP) is 3.06. The summed E-state index contributed by atoms with van der Waals surface area (Å²) in [7, 11) is 0. The van der Waals surface area contributed by atoms with Gasteiger partial charge < -0.3 is 0 Å². The largest absolute Gasteiger partial charge is 0.271 e. The summed E-state index contributed by atoms with van der Waals surface area (Å²) in [5.41, 5.74) is 3.56. The number of anilines is 2. The number of fused-ring (bicyclic) bond motifs is 1. The second-order valence-electron chi connectivity index (χ2n) is 6.31. The Morgan fingerprint density at radius 1 is 1.00 bits per heavy atom. The normalized spacial score (nSPS) is 22.0. The third-order valence-corrected chi connectivity index (χ3v) is 4.65. The van der Waals surface area contributed by atoms with Crippen molar-refractivity contribution in [2.45, 2.75) is 32.4 Å². The van der Waals surface area contributed by atoms with Crippen LogP contribution >= 0.6 is 0 Å². The van der Waals surface area contributed by atoms with E-state index in [2.05, 4.69) is 17.3 Å². The van der Waals surface area contributed by atoms with E-state index < -0.39 is 12.1 Å². The van der Waals surface area contributed by atoms with Crippen LogP contribution < -0.4 is 9.91 Å². The van der Waals surface area contributed by atoms with Crippen LogP contribution in [0.2, 0.25) is 0 Å². The van der Waals surface area contributed by atoms with Gasteiger partial charge in [0.25, 0.3) is 11.8 Å². The lowest BCUT2D eigenvalue weighted by atomic mass is 10.1. The van der Waals surface area contributed by atoms with E-state index in [1.54, 1.807) is 5.01 Å². The van der Waals surface area contributed by atoms with E-state index in [0.29, 0.717) is 5.69 Å². The van der Waals surface area contributed by atoms with Crippen molar-refractivity contribution in [3.63, 3.8) is 0 Å². The van der Waals surface area contributed by atoms with Crippen LogP contribution in [-0.4, -0.2) is 23.9 Å². The van der Waals surface area contributed by atoms with E-state index in [4.69, 9.17) is 0 Å². The summed E-state index contributed by atoms with van der Waals surface area (Å²) in [4.78, 5) is 26.9. The van der Waals surface area contributed by atoms with Crippen molar-refractivity contribution in [3.05, 3.63) is 59.7 Å². The highest BCUT2D eigenvalue weighted by atomic mass is 16.2. The number of aryl methyl sites for hydroxylation is 2. The van der Waals surface area contributed by atoms with Crippen molar-refractivity contribution in [3.8, 4) is 0 Å². The number of imide groups is 1. The first kappa shape index (κ1) is 15.5. The first-order valence-electron chi connectivity index (χ1n) is 8.33. The lowest BCUT2D eigenvalue weighted by Crippen LogP contribution is -2.39. The molecule has 0 spiro atoms. The molecule has 126 valence electrons. The molecule has 6 nitrogen and oxygen atoms in total. The Balaban J connectivity index is 1.68. The fourth-order valence-corrected chi connectivity index (χ4v) is 3.28. The number of nitrogens with zero attached hydrogens (tertiary/aromatic N) is 4. The Bertz CT molecular complexity index is 875. The van der Waals surface area contributed by atoms with Gasteiger partial charge in [0.1, 0.15) is 0 Å². The first-order chi connectivity index (χ1) is 12.1. The highest BCUT2D eigenvalue weighted by molar-refractivity contribution is 6.26. The van der Waals surface area contributed by atoms with Gasteiger partial charge in [0.05, 0.1) is 11.4 Å². The Hall–Kier alpha value is -3.02. The zero-order chi connectivity index (χ0) is 17.6. The molecule has 1 saturated heterocycles. The van der Waals surface area contributed by atoms with Gasteiger partial charge in [-0.25, -0.2) is 9.91 Å². The van der Waals surface area contributed by atoms with Gasteiger partial charge in [0.2, 0.25) is 0 Å². The fraction of sp³-hybridized carbons (Fsp3) is 0.263. The molecule has 2 amide bonds. The number of hydrogen-bond donors (Lipinski definition) is 0. The summed E-state index contributed by atoms with van der Waals surface area (Å²) in [6, 6.07) is 13.7. The predicted molar refractivity (Wildman–Crippen MR) is 94.4 cm³/mol. The van der Waals surface area contributed by atoms with Gasteiger partial charge in [0, 0.05) is 0 Å². The maximum absolute atomic E-state index is 13.0. The van der Waals surface area contributed by atoms with Gasteiger partial charge in [-0.05, 0) is 48.7 Å². The maximum atomic E-state index is 13.0. The highest BCUT2D eigenvalue weighted by Gasteiger charge is 2.55. The van der Waals surface area contributed by atoms with E-state index in [0.717, 1.165) is 23.2 Å². The molecule has 2 atom stereocenters. The number of benzene rings is 2. The monoisotopic (exact) mass is 334 g/mol. The lowest BCUT2D eigenvalue weighted by molar-refractivity contribution is -0.121. The van der Waals surface area contributed by atoms with Crippen LogP contribution in [0.4, 0.5) is 11.4 Å². The molecule has 0 bridgehead atoms. The molecule has 0 unspecified atom stereocenters. The third kappa shape index (κ3) is 2.41. The molecule has 1 fully saturated rings. The van der Waals surface area contributed by atoms with E-state index in [9.17, 15) is 9.59 Å². The van der Waals surface area contributed by atoms with E-state index in [-0.39, 0.29) is 11.8 Å². The molecular formula is C19H18N4O2. The van der Waals surface area contributed by atoms with Crippen LogP contribution in [-0.2, 0) is 16.0 Å². The minimum absolute atomic E-state index is 0.286. The van der Waals surface area contributed by atoms with Gasteiger partial charge >= 0.3 is 0 Å². The van der Waals surface area contributed by atoms with Crippen LogP contribution in [0.3, 0.4) is 0 Å². The zero-order valence-corrected chi connectivity index (χ0v) is 14.1. The van der Waals surface area contributed by atoms with E-state index in [1.165, 1.54) is 4.90 Å². The van der Waals surface area contributed by atoms with Crippen LogP contribution in [0, 0.1) is 6.92 Å². The second kappa shape index (κ2) is 5.81. The van der Waals surface area contributed by atoms with Crippen LogP contribution in [0.1, 0.15) is 18.1 Å². The lowest BCUT2D eigenvalue weighted by Gasteiger charge is -2.21. The van der Waals surface area contributed by atoms with E-state index >= 15 is 0 Å². The fourth-order valence-electron chi connectivity index (χ4n) is 3.28. The standard InChI is InChI=1S/C19H18N4O2/c1-3-13-7-9-14(10-8-13)22-18(24)16-17(19(22)25)23(21-20-16)15-6-4-5-12(2)11-15/h4-11,16-17H,3H2,1-2H3/t16-,17-/m0/s1. The van der Waals surface area contributed by atoms with Gasteiger partial charge in [-0.15, -0.1) is 0 Å². The molecule has 0 saturated carbocycles. The summed E-state index contributed by atoms with van der Waals surface area (Å²) in [6.45, 7) is 4.03. The Kier molecular flexibility index (Phi) is 3.60. The smallest absolute Gasteiger partial charge is 0.263 e. The summed E-state index contributed by atoms with van der Waals surface area (Å²) in [5.74, 6) is -0.607. The summed E-state index contributed by atoms with van der Waals surface area (Å²) < 4.78 is 0. The first-order valence-corrected chi connectivity index (χ1v) is 8.33. The summed E-state index contributed by atoms with van der Waals surface area (Å²) in [6.07, 6.45) is 0.906. The van der Waals surface area contributed by atoms with Crippen LogP contribution in [0.15, 0.2) is 58.9 Å². The molecular weight excluding hydrogens is 316 g/mol. The topological polar surface area (TPSA) is 65.3 Å². The number of carbonyl (C=O) groups is 2. The summed E-state index contributed by atoms with van der Waals surface area (Å²) in [5, 5.41) is 9.70. The van der Waals surface area contributed by atoms with Crippen molar-refractivity contribution in [1.82, 2.24) is 0 Å². The SMILES string of the molecule is CCc1ccc(N2C(=O)[C@H]3N=NN(c4cccc(C)c4)[C@@H]3C2=O)cc1. The van der Waals surface area contributed by atoms with Crippen molar-refractivity contribution in [2.24, 2.45) is 10.3 Å². The Morgan fingerprint density at radius 3 is 2.44 bits per heavy atom. The van der Waals surface area contributed by atoms with Gasteiger partial charge in [-0.3, -0.25) is 9.59 Å². The van der Waals surface area contributed by atoms with Gasteiger partial charge in [-0.1, -0.05) is 36.4 Å². The average molecular weight is 334 g/mol. The van der Waals surface area contributed by atoms with Crippen molar-refractivity contribution < 1.29 is 9.59 Å². The zero-order valence-electron chi connectivity index (χ0n) is 14.1. The molecule has 4 rings (SSSR count). The molecule has 2 aliphatic rings. The molecule has 2 aromatic rings. The molecule has 25 heavy (non-hydrogen) atoms. The highest BCUT2D eigenvalue weighted by Crippen LogP contribution is 2.35. The third-order valence-electron chi connectivity index (χ3n) is 4.65. The molecule has 2 aromatic carbocycles. The molecule has 2 heterocycles. The number of amides is 2. The molecule has 0 radical (unpaired) electrons. The maximum Gasteiger partial charge on any atom is 0.263 e. The van der Waals surface area contributed by atoms with Gasteiger partial charge in [0.15, 0.2) is 12.1 Å². The molecule has 2 aliphatic heterocycles. The number of hydrogen-bond acceptors (Lipinski definition) is 5. The molecule has 0 N–H and O–H groups in total. The van der Waals surface area contributed by atoms with E-state index in [1.807, 2.05) is 55.5 Å². The number of carbonyl (C=O) groups excluding carboxylic acids is 2. The minimum atomic E-state index is -0.779. The van der Waals surface area contributed by atoms with Crippen LogP contribution in [0.25, 0.3) is 0 Å². The quantitative estimate of drug-likeness (QED) is 0.810. The van der Waals surface area contributed by atoms with Crippen molar-refractivity contribution in [2.75, 3.05) is 9.91 Å². The molecule has 6 heteroatoms.